The van der Waals surface area contributed by atoms with Crippen molar-refractivity contribution in [2.45, 2.75) is 25.3 Å². The van der Waals surface area contributed by atoms with E-state index in [1.807, 2.05) is 0 Å². The Hall–Kier alpha value is -1.96. The molecule has 0 aliphatic carbocycles. The number of carbonyl (C=O) groups excluding carboxylic acids is 4. The quantitative estimate of drug-likeness (QED) is 0.492. The van der Waals surface area contributed by atoms with Crippen molar-refractivity contribution in [3.8, 4) is 0 Å². The Labute approximate surface area is 148 Å². The summed E-state index contributed by atoms with van der Waals surface area (Å²) in [7, 11) is 1.45. The first kappa shape index (κ1) is 20.1. The molecule has 1 aliphatic heterocycles. The van der Waals surface area contributed by atoms with E-state index in [-0.39, 0.29) is 11.1 Å². The van der Waals surface area contributed by atoms with Gasteiger partial charge in [-0.05, 0) is 37.6 Å². The first-order valence-corrected chi connectivity index (χ1v) is 7.71. The van der Waals surface area contributed by atoms with Crippen LogP contribution in [0.25, 0.3) is 0 Å². The van der Waals surface area contributed by atoms with Crippen molar-refractivity contribution < 1.29 is 24.0 Å². The Morgan fingerprint density at radius 2 is 1.54 bits per heavy atom. The van der Waals surface area contributed by atoms with Crippen molar-refractivity contribution >= 4 is 46.2 Å². The third kappa shape index (κ3) is 4.77. The molecule has 2 unspecified atom stereocenters. The summed E-state index contributed by atoms with van der Waals surface area (Å²) in [5.41, 5.74) is 0.568. The lowest BCUT2D eigenvalue weighted by atomic mass is 10.1. The van der Waals surface area contributed by atoms with Crippen LogP contribution in [0.4, 0.5) is 0 Å². The van der Waals surface area contributed by atoms with Crippen molar-refractivity contribution in [1.82, 2.24) is 10.4 Å². The third-order valence-electron chi connectivity index (χ3n) is 2.95. The summed E-state index contributed by atoms with van der Waals surface area (Å²) in [5.74, 6) is -1.51. The van der Waals surface area contributed by atoms with Gasteiger partial charge in [0, 0.05) is 7.05 Å². The van der Waals surface area contributed by atoms with Crippen LogP contribution in [0, 0.1) is 0 Å². The molecule has 1 aromatic rings. The van der Waals surface area contributed by atoms with Crippen LogP contribution in [-0.4, -0.2) is 46.6 Å². The molecule has 0 aromatic heterocycles. The van der Waals surface area contributed by atoms with Crippen molar-refractivity contribution in [2.75, 3.05) is 7.05 Å². The molecule has 2 rings (SSSR count). The van der Waals surface area contributed by atoms with E-state index in [0.29, 0.717) is 5.06 Å². The summed E-state index contributed by atoms with van der Waals surface area (Å²) in [6.07, 6.45) is -0.919. The Morgan fingerprint density at radius 1 is 1.12 bits per heavy atom. The third-order valence-corrected chi connectivity index (χ3v) is 3.59. The van der Waals surface area contributed by atoms with Crippen molar-refractivity contribution in [1.29, 1.82) is 0 Å². The van der Waals surface area contributed by atoms with Gasteiger partial charge in [-0.25, -0.2) is 4.84 Å². The first-order chi connectivity index (χ1) is 11.2. The largest absolute Gasteiger partial charge is 0.357 e. The normalized spacial score (nSPS) is 15.1. The minimum Gasteiger partial charge on any atom is -0.357 e. The molecule has 0 bridgehead atoms. The fraction of sp³-hybridized carbons (Fsp3) is 0.333. The highest BCUT2D eigenvalue weighted by molar-refractivity contribution is 6.69. The van der Waals surface area contributed by atoms with E-state index in [1.54, 1.807) is 24.3 Å². The number of rotatable bonds is 4. The van der Waals surface area contributed by atoms with Crippen molar-refractivity contribution in [2.24, 2.45) is 0 Å². The molecule has 0 fully saturated rings. The molecular weight excluding hydrogens is 359 g/mol. The number of amides is 3. The summed E-state index contributed by atoms with van der Waals surface area (Å²) >= 11 is 9.97. The average molecular weight is 375 g/mol. The highest BCUT2D eigenvalue weighted by atomic mass is 35.5. The molecule has 24 heavy (non-hydrogen) atoms. The number of hydrogen-bond donors (Lipinski definition) is 1. The predicted octanol–water partition coefficient (Wildman–Crippen LogP) is 1.73. The Bertz CT molecular complexity index is 628. The molecule has 0 spiro atoms. The van der Waals surface area contributed by atoms with Crippen LogP contribution in [0.3, 0.4) is 0 Å². The molecule has 0 saturated heterocycles. The van der Waals surface area contributed by atoms with Gasteiger partial charge in [0.1, 0.15) is 5.38 Å². The van der Waals surface area contributed by atoms with Gasteiger partial charge in [-0.1, -0.05) is 12.1 Å². The van der Waals surface area contributed by atoms with E-state index in [4.69, 9.17) is 28.0 Å². The van der Waals surface area contributed by atoms with Crippen molar-refractivity contribution in [3.63, 3.8) is 0 Å². The zero-order valence-corrected chi connectivity index (χ0v) is 14.7. The SMILES string of the molecule is CC(Cl)C(=O)Cl.CNC(=O)C(C)ON1C(=O)c2ccccc2C1=O. The molecule has 1 N–H and O–H groups in total. The molecule has 1 aromatic carbocycles. The molecule has 130 valence electrons. The maximum absolute atomic E-state index is 11.9. The summed E-state index contributed by atoms with van der Waals surface area (Å²) in [6, 6.07) is 6.42. The number of alkyl halides is 1. The fourth-order valence-corrected chi connectivity index (χ4v) is 1.67. The smallest absolute Gasteiger partial charge is 0.285 e. The minimum absolute atomic E-state index is 0.284. The standard InChI is InChI=1S/C12H12N2O4.C3H4Cl2O/c1-7(10(15)13-2)18-14-11(16)8-5-3-4-6-9(8)12(14)17;1-2(4)3(5)6/h3-7H,1-2H3,(H,13,15);2H,1H3. The Kier molecular flexibility index (Phi) is 7.34. The van der Waals surface area contributed by atoms with Gasteiger partial charge in [0.2, 0.25) is 5.24 Å². The maximum atomic E-state index is 11.9. The molecular formula is C15H16Cl2N2O5. The highest BCUT2D eigenvalue weighted by Gasteiger charge is 2.38. The number of halogens is 2. The van der Waals surface area contributed by atoms with Crippen LogP contribution in [0.5, 0.6) is 0 Å². The second kappa shape index (κ2) is 8.77. The molecule has 0 radical (unpaired) electrons. The number of benzene rings is 1. The first-order valence-electron chi connectivity index (χ1n) is 6.90. The zero-order valence-electron chi connectivity index (χ0n) is 13.2. The van der Waals surface area contributed by atoms with Gasteiger partial charge in [0.05, 0.1) is 11.1 Å². The summed E-state index contributed by atoms with van der Waals surface area (Å²) in [5, 5.41) is 1.95. The number of carbonyl (C=O) groups is 4. The van der Waals surface area contributed by atoms with E-state index in [0.717, 1.165) is 0 Å². The zero-order chi connectivity index (χ0) is 18.4. The van der Waals surface area contributed by atoms with Crippen LogP contribution < -0.4 is 5.32 Å². The van der Waals surface area contributed by atoms with Gasteiger partial charge in [0.25, 0.3) is 17.7 Å². The van der Waals surface area contributed by atoms with E-state index in [9.17, 15) is 19.2 Å². The van der Waals surface area contributed by atoms with Gasteiger partial charge >= 0.3 is 0 Å². The lowest BCUT2D eigenvalue weighted by Crippen LogP contribution is -2.40. The van der Waals surface area contributed by atoms with Gasteiger partial charge < -0.3 is 5.32 Å². The van der Waals surface area contributed by atoms with E-state index in [1.165, 1.54) is 20.9 Å². The number of nitrogens with zero attached hydrogens (tertiary/aromatic N) is 1. The number of likely N-dealkylation sites (N-methyl/N-ethyl adjacent to an activating group) is 1. The molecule has 3 amide bonds. The van der Waals surface area contributed by atoms with Crippen molar-refractivity contribution in [3.05, 3.63) is 35.4 Å². The summed E-state index contributed by atoms with van der Waals surface area (Å²) in [6.45, 7) is 2.99. The molecule has 9 heteroatoms. The predicted molar refractivity (Wildman–Crippen MR) is 87.7 cm³/mol. The van der Waals surface area contributed by atoms with Gasteiger partial charge in [-0.3, -0.25) is 19.2 Å². The fourth-order valence-electron chi connectivity index (χ4n) is 1.67. The molecule has 1 heterocycles. The number of imide groups is 1. The second-order valence-electron chi connectivity index (χ2n) is 4.73. The van der Waals surface area contributed by atoms with Crippen LogP contribution in [0.15, 0.2) is 24.3 Å². The lowest BCUT2D eigenvalue weighted by molar-refractivity contribution is -0.156. The van der Waals surface area contributed by atoms with E-state index in [2.05, 4.69) is 5.32 Å². The number of nitrogens with one attached hydrogen (secondary N) is 1. The minimum atomic E-state index is -0.919. The van der Waals surface area contributed by atoms with Gasteiger partial charge in [-0.15, -0.1) is 16.7 Å². The molecule has 0 saturated carbocycles. The summed E-state index contributed by atoms with van der Waals surface area (Å²) < 4.78 is 0. The maximum Gasteiger partial charge on any atom is 0.285 e. The topological polar surface area (TPSA) is 92.8 Å². The van der Waals surface area contributed by atoms with Crippen LogP contribution in [0.2, 0.25) is 0 Å². The number of fused-ring (bicyclic) bond motifs is 1. The average Bonchev–Trinajstić information content (AvgIpc) is 2.80. The monoisotopic (exact) mass is 374 g/mol. The number of hydrogen-bond acceptors (Lipinski definition) is 5. The van der Waals surface area contributed by atoms with Crippen LogP contribution in [-0.2, 0) is 14.4 Å². The van der Waals surface area contributed by atoms with Gasteiger partial charge in [0.15, 0.2) is 6.10 Å². The van der Waals surface area contributed by atoms with Crippen LogP contribution in [0.1, 0.15) is 34.6 Å². The lowest BCUT2D eigenvalue weighted by Gasteiger charge is -2.17. The van der Waals surface area contributed by atoms with Crippen LogP contribution >= 0.6 is 23.2 Å². The molecule has 7 nitrogen and oxygen atoms in total. The molecule has 1 aliphatic rings. The number of hydroxylamine groups is 2. The summed E-state index contributed by atoms with van der Waals surface area (Å²) in [4.78, 5) is 50.0. The Morgan fingerprint density at radius 3 is 1.88 bits per heavy atom. The Balaban J connectivity index is 0.000000413. The second-order valence-corrected chi connectivity index (χ2v) is 5.76. The highest BCUT2D eigenvalue weighted by Crippen LogP contribution is 2.23. The van der Waals surface area contributed by atoms with E-state index >= 15 is 0 Å². The molecule has 2 atom stereocenters. The van der Waals surface area contributed by atoms with E-state index < -0.39 is 34.4 Å². The van der Waals surface area contributed by atoms with Gasteiger partial charge in [-0.2, -0.15) is 0 Å².